The van der Waals surface area contributed by atoms with E-state index in [0.29, 0.717) is 0 Å². The zero-order valence-electron chi connectivity index (χ0n) is 11.6. The smallest absolute Gasteiger partial charge is 0.124 e. The molecule has 1 unspecified atom stereocenters. The molecule has 0 radical (unpaired) electrons. The molecular weight excluding hydrogens is 240 g/mol. The standard InChI is InChI=1S/C15H24N2O2/c1-12(14-6-5-13(18)11-15(14)19)16-7-10-17-8-3-2-4-9-17/h5-6,11-12,16,18-19H,2-4,7-10H2,1H3. The Bertz CT molecular complexity index is 403. The lowest BCUT2D eigenvalue weighted by molar-refractivity contribution is 0.226. The average molecular weight is 264 g/mol. The summed E-state index contributed by atoms with van der Waals surface area (Å²) in [6.07, 6.45) is 3.99. The van der Waals surface area contributed by atoms with Gasteiger partial charge in [0.05, 0.1) is 0 Å². The molecule has 1 aromatic rings. The van der Waals surface area contributed by atoms with Crippen LogP contribution in [0.5, 0.6) is 11.5 Å². The van der Waals surface area contributed by atoms with Gasteiger partial charge in [0, 0.05) is 30.8 Å². The Morgan fingerprint density at radius 2 is 1.95 bits per heavy atom. The molecule has 106 valence electrons. The topological polar surface area (TPSA) is 55.7 Å². The minimum Gasteiger partial charge on any atom is -0.508 e. The third kappa shape index (κ3) is 4.11. The highest BCUT2D eigenvalue weighted by molar-refractivity contribution is 5.40. The maximum atomic E-state index is 9.80. The van der Waals surface area contributed by atoms with E-state index in [0.717, 1.165) is 18.7 Å². The van der Waals surface area contributed by atoms with Crippen LogP contribution in [0.15, 0.2) is 18.2 Å². The largest absolute Gasteiger partial charge is 0.508 e. The Morgan fingerprint density at radius 1 is 1.21 bits per heavy atom. The van der Waals surface area contributed by atoms with Crippen LogP contribution in [0.25, 0.3) is 0 Å². The summed E-state index contributed by atoms with van der Waals surface area (Å²) in [5, 5.41) is 22.5. The van der Waals surface area contributed by atoms with Crippen molar-refractivity contribution in [2.24, 2.45) is 0 Å². The number of nitrogens with one attached hydrogen (secondary N) is 1. The Morgan fingerprint density at radius 3 is 2.63 bits per heavy atom. The summed E-state index contributed by atoms with van der Waals surface area (Å²) in [6, 6.07) is 4.85. The Balaban J connectivity index is 1.78. The molecule has 0 aromatic heterocycles. The number of benzene rings is 1. The highest BCUT2D eigenvalue weighted by Gasteiger charge is 2.12. The van der Waals surface area contributed by atoms with Gasteiger partial charge in [-0.3, -0.25) is 0 Å². The van der Waals surface area contributed by atoms with Crippen LogP contribution in [0.2, 0.25) is 0 Å². The zero-order chi connectivity index (χ0) is 13.7. The third-order valence-electron chi connectivity index (χ3n) is 3.81. The fraction of sp³-hybridized carbons (Fsp3) is 0.600. The molecule has 0 spiro atoms. The molecule has 1 aliphatic heterocycles. The van der Waals surface area contributed by atoms with Gasteiger partial charge in [-0.2, -0.15) is 0 Å². The van der Waals surface area contributed by atoms with E-state index < -0.39 is 0 Å². The molecule has 4 heteroatoms. The number of hydrogen-bond acceptors (Lipinski definition) is 4. The third-order valence-corrected chi connectivity index (χ3v) is 3.81. The van der Waals surface area contributed by atoms with Crippen LogP contribution in [0.4, 0.5) is 0 Å². The van der Waals surface area contributed by atoms with E-state index in [4.69, 9.17) is 0 Å². The van der Waals surface area contributed by atoms with Crippen LogP contribution >= 0.6 is 0 Å². The fourth-order valence-corrected chi connectivity index (χ4v) is 2.63. The van der Waals surface area contributed by atoms with Gasteiger partial charge in [-0.25, -0.2) is 0 Å². The lowest BCUT2D eigenvalue weighted by Crippen LogP contribution is -2.36. The first-order valence-corrected chi connectivity index (χ1v) is 7.14. The van der Waals surface area contributed by atoms with E-state index in [1.807, 2.05) is 6.92 Å². The molecule has 3 N–H and O–H groups in total. The average Bonchev–Trinajstić information content (AvgIpc) is 2.39. The Kier molecular flexibility index (Phi) is 5.05. The first-order chi connectivity index (χ1) is 9.16. The number of phenolic OH excluding ortho intramolecular Hbond substituents is 2. The quantitative estimate of drug-likeness (QED) is 0.763. The number of aromatic hydroxyl groups is 2. The second kappa shape index (κ2) is 6.78. The van der Waals surface area contributed by atoms with Crippen LogP contribution in [0.1, 0.15) is 37.8 Å². The van der Waals surface area contributed by atoms with E-state index in [2.05, 4.69) is 10.2 Å². The van der Waals surface area contributed by atoms with Crippen molar-refractivity contribution in [1.29, 1.82) is 0 Å². The summed E-state index contributed by atoms with van der Waals surface area (Å²) >= 11 is 0. The lowest BCUT2D eigenvalue weighted by atomic mass is 10.1. The number of phenols is 2. The van der Waals surface area contributed by atoms with Gasteiger partial charge in [0.2, 0.25) is 0 Å². The minimum atomic E-state index is 0.0883. The maximum Gasteiger partial charge on any atom is 0.124 e. The van der Waals surface area contributed by atoms with E-state index in [9.17, 15) is 10.2 Å². The molecule has 0 bridgehead atoms. The van der Waals surface area contributed by atoms with Crippen molar-refractivity contribution in [3.63, 3.8) is 0 Å². The number of hydrogen-bond donors (Lipinski definition) is 3. The molecule has 1 aliphatic rings. The lowest BCUT2D eigenvalue weighted by Gasteiger charge is -2.27. The van der Waals surface area contributed by atoms with Gasteiger partial charge in [-0.15, -0.1) is 0 Å². The van der Waals surface area contributed by atoms with Crippen molar-refractivity contribution in [2.45, 2.75) is 32.2 Å². The van der Waals surface area contributed by atoms with E-state index >= 15 is 0 Å². The van der Waals surface area contributed by atoms with Gasteiger partial charge in [0.15, 0.2) is 0 Å². The monoisotopic (exact) mass is 264 g/mol. The van der Waals surface area contributed by atoms with Crippen LogP contribution in [0.3, 0.4) is 0 Å². The van der Waals surface area contributed by atoms with Gasteiger partial charge < -0.3 is 20.4 Å². The normalized spacial score (nSPS) is 18.4. The SMILES string of the molecule is CC(NCCN1CCCCC1)c1ccc(O)cc1O. The van der Waals surface area contributed by atoms with Crippen molar-refractivity contribution in [1.82, 2.24) is 10.2 Å². The van der Waals surface area contributed by atoms with Crippen molar-refractivity contribution >= 4 is 0 Å². The number of nitrogens with zero attached hydrogens (tertiary/aromatic N) is 1. The van der Waals surface area contributed by atoms with Gasteiger partial charge in [0.25, 0.3) is 0 Å². The highest BCUT2D eigenvalue weighted by Crippen LogP contribution is 2.27. The van der Waals surface area contributed by atoms with E-state index in [-0.39, 0.29) is 17.5 Å². The van der Waals surface area contributed by atoms with Crippen molar-refractivity contribution in [2.75, 3.05) is 26.2 Å². The molecule has 4 nitrogen and oxygen atoms in total. The van der Waals surface area contributed by atoms with Gasteiger partial charge in [-0.1, -0.05) is 12.5 Å². The van der Waals surface area contributed by atoms with Gasteiger partial charge in [0.1, 0.15) is 11.5 Å². The van der Waals surface area contributed by atoms with Crippen LogP contribution in [-0.4, -0.2) is 41.3 Å². The molecule has 0 saturated carbocycles. The van der Waals surface area contributed by atoms with Crippen LogP contribution in [-0.2, 0) is 0 Å². The van der Waals surface area contributed by atoms with E-state index in [1.54, 1.807) is 12.1 Å². The molecule has 0 amide bonds. The molecule has 0 aliphatic carbocycles. The van der Waals surface area contributed by atoms with Gasteiger partial charge >= 0.3 is 0 Å². The molecule has 1 atom stereocenters. The van der Waals surface area contributed by atoms with Crippen molar-refractivity contribution in [3.05, 3.63) is 23.8 Å². The number of rotatable bonds is 5. The number of piperidine rings is 1. The van der Waals surface area contributed by atoms with Crippen molar-refractivity contribution < 1.29 is 10.2 Å². The molecular formula is C15H24N2O2. The van der Waals surface area contributed by atoms with Gasteiger partial charge in [-0.05, 0) is 38.9 Å². The summed E-state index contributed by atoms with van der Waals surface area (Å²) in [4.78, 5) is 2.49. The molecule has 1 heterocycles. The second-order valence-corrected chi connectivity index (χ2v) is 5.32. The number of likely N-dealkylation sites (tertiary alicyclic amines) is 1. The molecule has 2 rings (SSSR count). The summed E-state index contributed by atoms with van der Waals surface area (Å²) in [5.41, 5.74) is 0.830. The van der Waals surface area contributed by atoms with E-state index in [1.165, 1.54) is 38.4 Å². The first kappa shape index (κ1) is 14.2. The summed E-state index contributed by atoms with van der Waals surface area (Å²) in [6.45, 7) is 6.42. The summed E-state index contributed by atoms with van der Waals surface area (Å²) < 4.78 is 0. The Labute approximate surface area is 115 Å². The van der Waals surface area contributed by atoms with Crippen LogP contribution < -0.4 is 5.32 Å². The van der Waals surface area contributed by atoms with Crippen molar-refractivity contribution in [3.8, 4) is 11.5 Å². The molecule has 19 heavy (non-hydrogen) atoms. The minimum absolute atomic E-state index is 0.0883. The van der Waals surface area contributed by atoms with Crippen LogP contribution in [0, 0.1) is 0 Å². The summed E-state index contributed by atoms with van der Waals surface area (Å²) in [5.74, 6) is 0.250. The predicted octanol–water partition coefficient (Wildman–Crippen LogP) is 2.23. The second-order valence-electron chi connectivity index (χ2n) is 5.32. The molecule has 1 fully saturated rings. The Hall–Kier alpha value is -1.26. The first-order valence-electron chi connectivity index (χ1n) is 7.14. The molecule has 1 saturated heterocycles. The zero-order valence-corrected chi connectivity index (χ0v) is 11.6. The molecule has 1 aromatic carbocycles. The highest BCUT2D eigenvalue weighted by atomic mass is 16.3. The maximum absolute atomic E-state index is 9.80. The summed E-state index contributed by atoms with van der Waals surface area (Å²) in [7, 11) is 0. The fourth-order valence-electron chi connectivity index (χ4n) is 2.63. The predicted molar refractivity (Wildman–Crippen MR) is 76.5 cm³/mol.